The summed E-state index contributed by atoms with van der Waals surface area (Å²) in [6.45, 7) is 15.2. The summed E-state index contributed by atoms with van der Waals surface area (Å²) in [5, 5.41) is 4.49. The molecule has 4 fully saturated rings. The van der Waals surface area contributed by atoms with Crippen LogP contribution in [0, 0.1) is 52.3 Å². The van der Waals surface area contributed by atoms with Crippen LogP contribution in [-0.2, 0) is 19.2 Å². The van der Waals surface area contributed by atoms with E-state index < -0.39 is 0 Å². The van der Waals surface area contributed by atoms with Crippen LogP contribution in [0.2, 0.25) is 0 Å². The first-order valence-corrected chi connectivity index (χ1v) is 14.9. The Hall–Kier alpha value is -1.39. The van der Waals surface area contributed by atoms with Gasteiger partial charge in [0.05, 0.1) is 5.71 Å². The van der Waals surface area contributed by atoms with Crippen molar-refractivity contribution in [2.24, 2.45) is 57.4 Å². The monoisotopic (exact) mass is 501 g/mol. The normalized spacial score (nSPS) is 41.8. The van der Waals surface area contributed by atoms with Crippen LogP contribution in [0.25, 0.3) is 0 Å². The predicted octanol–water partition coefficient (Wildman–Crippen LogP) is 7.57. The van der Waals surface area contributed by atoms with Gasteiger partial charge in [-0.1, -0.05) is 59.0 Å². The molecule has 5 heteroatoms. The van der Waals surface area contributed by atoms with Gasteiger partial charge in [-0.3, -0.25) is 4.79 Å². The van der Waals surface area contributed by atoms with E-state index in [-0.39, 0.29) is 29.4 Å². The summed E-state index contributed by atoms with van der Waals surface area (Å²) in [6, 6.07) is 0. The predicted molar refractivity (Wildman–Crippen MR) is 143 cm³/mol. The van der Waals surface area contributed by atoms with Gasteiger partial charge in [0.15, 0.2) is 0 Å². The Bertz CT molecular complexity index is 852. The molecule has 4 aliphatic rings. The van der Waals surface area contributed by atoms with Crippen molar-refractivity contribution >= 4 is 17.7 Å². The average Bonchev–Trinajstić information content (AvgIpc) is 3.14. The highest BCUT2D eigenvalue weighted by Crippen LogP contribution is 2.68. The molecule has 0 aromatic rings. The number of carbonyl (C=O) groups is 2. The van der Waals surface area contributed by atoms with Crippen molar-refractivity contribution in [1.82, 2.24) is 0 Å². The quantitative estimate of drug-likeness (QED) is 0.205. The highest BCUT2D eigenvalue weighted by Gasteiger charge is 2.62. The van der Waals surface area contributed by atoms with E-state index in [9.17, 15) is 9.59 Å². The molecule has 4 rings (SSSR count). The van der Waals surface area contributed by atoms with Crippen molar-refractivity contribution in [3.63, 3.8) is 0 Å². The number of fused-ring (bicyclic) bond motifs is 5. The maximum atomic E-state index is 11.7. The number of hydrogen-bond donors (Lipinski definition) is 0. The molecular weight excluding hydrogens is 450 g/mol. The lowest BCUT2D eigenvalue weighted by Gasteiger charge is -2.61. The van der Waals surface area contributed by atoms with Crippen molar-refractivity contribution in [2.45, 2.75) is 125 Å². The van der Waals surface area contributed by atoms with Crippen LogP contribution >= 0.6 is 0 Å². The van der Waals surface area contributed by atoms with Gasteiger partial charge >= 0.3 is 11.9 Å². The summed E-state index contributed by atoms with van der Waals surface area (Å²) in [5.74, 6) is 4.05. The van der Waals surface area contributed by atoms with Crippen LogP contribution in [0.3, 0.4) is 0 Å². The molecule has 0 N–H and O–H groups in total. The van der Waals surface area contributed by atoms with Crippen molar-refractivity contribution in [3.8, 4) is 0 Å². The molecule has 9 atom stereocenters. The topological polar surface area (TPSA) is 65.0 Å². The summed E-state index contributed by atoms with van der Waals surface area (Å²) >= 11 is 0. The van der Waals surface area contributed by atoms with E-state index >= 15 is 0 Å². The lowest BCUT2D eigenvalue weighted by molar-refractivity contribution is -0.153. The third kappa shape index (κ3) is 5.27. The Balaban J connectivity index is 1.57. The Labute approximate surface area is 219 Å². The molecule has 204 valence electrons. The molecule has 0 aromatic heterocycles. The molecule has 36 heavy (non-hydrogen) atoms. The lowest BCUT2D eigenvalue weighted by Crippen LogP contribution is -2.57. The van der Waals surface area contributed by atoms with Gasteiger partial charge in [0.1, 0.15) is 6.10 Å². The first kappa shape index (κ1) is 27.6. The third-order valence-electron chi connectivity index (χ3n) is 11.3. The molecule has 0 spiro atoms. The molecule has 0 bridgehead atoms. The Morgan fingerprint density at radius 3 is 2.31 bits per heavy atom. The molecule has 0 radical (unpaired) electrons. The van der Waals surface area contributed by atoms with E-state index in [2.05, 4.69) is 39.8 Å². The third-order valence-corrected chi connectivity index (χ3v) is 11.3. The highest BCUT2D eigenvalue weighted by atomic mass is 16.7. The molecule has 0 aromatic carbocycles. The maximum Gasteiger partial charge on any atom is 0.331 e. The van der Waals surface area contributed by atoms with Crippen molar-refractivity contribution in [1.29, 1.82) is 0 Å². The second kappa shape index (κ2) is 10.8. The number of carbonyl (C=O) groups excluding carboxylic acids is 2. The largest absolute Gasteiger partial charge is 0.463 e. The van der Waals surface area contributed by atoms with Crippen LogP contribution in [0.15, 0.2) is 5.16 Å². The maximum absolute atomic E-state index is 11.7. The highest BCUT2D eigenvalue weighted by molar-refractivity contribution is 5.89. The van der Waals surface area contributed by atoms with Gasteiger partial charge in [-0.15, -0.1) is 0 Å². The SMILES string of the molecule is CC(=O)O/N=C1/C[C@@H]2[C@@H]3CC[C@H]([C@H](C)CCCC(C)C)[C@]3(C)CC[C@@H]2[C@]2(C)CC[C@H](OC(C)=O)C[C@H]12. The van der Waals surface area contributed by atoms with Crippen molar-refractivity contribution in [2.75, 3.05) is 0 Å². The zero-order valence-corrected chi connectivity index (χ0v) is 24.0. The molecule has 0 aliphatic heterocycles. The molecule has 0 saturated heterocycles. The standard InChI is InChI=1S/C31H51NO4/c1-19(2)9-8-10-20(3)25-11-12-26-24-18-29(32-36-22(5)34)28-17-23(35-21(4)33)13-15-31(28,7)27(24)14-16-30(25,26)6/h19-20,23-28H,8-18H2,1-7H3/b32-29-/t20-,23+,24-,25-,26+,27+,28-,30+,31+/m1/s1. The summed E-state index contributed by atoms with van der Waals surface area (Å²) in [7, 11) is 0. The van der Waals surface area contributed by atoms with Gasteiger partial charge in [-0.2, -0.15) is 0 Å². The molecule has 4 saturated carbocycles. The number of oxime groups is 1. The van der Waals surface area contributed by atoms with Crippen LogP contribution in [-0.4, -0.2) is 23.8 Å². The van der Waals surface area contributed by atoms with Gasteiger partial charge in [0.2, 0.25) is 0 Å². The first-order chi connectivity index (χ1) is 17.0. The van der Waals surface area contributed by atoms with Crippen LogP contribution < -0.4 is 0 Å². The van der Waals surface area contributed by atoms with E-state index in [0.29, 0.717) is 17.3 Å². The molecule has 0 amide bonds. The van der Waals surface area contributed by atoms with Gasteiger partial charge in [-0.25, -0.2) is 4.79 Å². The summed E-state index contributed by atoms with van der Waals surface area (Å²) in [6.07, 6.45) is 13.0. The molecular formula is C31H51NO4. The van der Waals surface area contributed by atoms with E-state index in [0.717, 1.165) is 55.1 Å². The summed E-state index contributed by atoms with van der Waals surface area (Å²) in [5.41, 5.74) is 1.58. The molecule has 4 aliphatic carbocycles. The van der Waals surface area contributed by atoms with Gasteiger partial charge in [0, 0.05) is 19.8 Å². The zero-order chi connectivity index (χ0) is 26.3. The molecule has 0 heterocycles. The number of hydrogen-bond acceptors (Lipinski definition) is 5. The first-order valence-electron chi connectivity index (χ1n) is 14.9. The van der Waals surface area contributed by atoms with Crippen LogP contribution in [0.5, 0.6) is 0 Å². The minimum Gasteiger partial charge on any atom is -0.463 e. The van der Waals surface area contributed by atoms with Crippen LogP contribution in [0.4, 0.5) is 0 Å². The summed E-state index contributed by atoms with van der Waals surface area (Å²) in [4.78, 5) is 28.7. The number of nitrogens with zero attached hydrogens (tertiary/aromatic N) is 1. The average molecular weight is 502 g/mol. The fourth-order valence-electron chi connectivity index (χ4n) is 9.62. The van der Waals surface area contributed by atoms with Crippen molar-refractivity contribution in [3.05, 3.63) is 0 Å². The Morgan fingerprint density at radius 1 is 0.944 bits per heavy atom. The number of ether oxygens (including phenoxy) is 1. The van der Waals surface area contributed by atoms with Crippen LogP contribution in [0.1, 0.15) is 119 Å². The summed E-state index contributed by atoms with van der Waals surface area (Å²) < 4.78 is 5.67. The fourth-order valence-corrected chi connectivity index (χ4v) is 9.62. The van der Waals surface area contributed by atoms with E-state index in [1.807, 2.05) is 0 Å². The Kier molecular flexibility index (Phi) is 8.27. The van der Waals surface area contributed by atoms with Gasteiger partial charge < -0.3 is 9.57 Å². The van der Waals surface area contributed by atoms with E-state index in [1.54, 1.807) is 0 Å². The minimum atomic E-state index is -0.358. The molecule has 5 nitrogen and oxygen atoms in total. The van der Waals surface area contributed by atoms with Gasteiger partial charge in [0.25, 0.3) is 0 Å². The van der Waals surface area contributed by atoms with E-state index in [4.69, 9.17) is 9.57 Å². The zero-order valence-electron chi connectivity index (χ0n) is 24.0. The van der Waals surface area contributed by atoms with Gasteiger partial charge in [-0.05, 0) is 97.7 Å². The molecule has 0 unspecified atom stereocenters. The number of esters is 1. The lowest BCUT2D eigenvalue weighted by atomic mass is 9.44. The van der Waals surface area contributed by atoms with E-state index in [1.165, 1.54) is 58.8 Å². The smallest absolute Gasteiger partial charge is 0.331 e. The van der Waals surface area contributed by atoms with Crippen molar-refractivity contribution < 1.29 is 19.2 Å². The minimum absolute atomic E-state index is 0.0592. The fraction of sp³-hybridized carbons (Fsp3) is 0.903. The second-order valence-electron chi connectivity index (χ2n) is 13.8. The Morgan fingerprint density at radius 2 is 1.64 bits per heavy atom. The number of rotatable bonds is 7. The second-order valence-corrected chi connectivity index (χ2v) is 13.8.